The normalized spacial score (nSPS) is 19.4. The van der Waals surface area contributed by atoms with Crippen molar-refractivity contribution in [3.63, 3.8) is 0 Å². The summed E-state index contributed by atoms with van der Waals surface area (Å²) in [6.45, 7) is 0.421. The number of likely N-dealkylation sites (tertiary alicyclic amines) is 1. The van der Waals surface area contributed by atoms with Gasteiger partial charge in [-0.2, -0.15) is 0 Å². The van der Waals surface area contributed by atoms with E-state index in [1.165, 1.54) is 4.90 Å². The number of amides is 3. The Morgan fingerprint density at radius 1 is 1.44 bits per heavy atom. The third-order valence-electron chi connectivity index (χ3n) is 2.76. The minimum absolute atomic E-state index is 0.0667. The molecule has 3 N–H and O–H groups in total. The second-order valence-corrected chi connectivity index (χ2v) is 5.28. The van der Waals surface area contributed by atoms with Gasteiger partial charge >= 0.3 is 0 Å². The van der Waals surface area contributed by atoms with Crippen molar-refractivity contribution in [2.75, 3.05) is 6.54 Å². The monoisotopic (exact) mass is 337 g/mol. The van der Waals surface area contributed by atoms with Gasteiger partial charge in [0.15, 0.2) is 0 Å². The molecule has 102 valence electrons. The zero-order valence-corrected chi connectivity index (χ0v) is 12.3. The molecule has 1 heterocycles. The number of carbonyl (C=O) groups excluding carboxylic acids is 3. The highest BCUT2D eigenvalue weighted by molar-refractivity contribution is 9.08. The minimum Gasteiger partial charge on any atom is -0.293 e. The number of nitrogens with two attached hydrogens (primary N) is 1. The van der Waals surface area contributed by atoms with Gasteiger partial charge in [0.25, 0.3) is 0 Å². The maximum atomic E-state index is 11.7. The van der Waals surface area contributed by atoms with Crippen LogP contribution < -0.4 is 9.48 Å². The van der Waals surface area contributed by atoms with E-state index in [0.29, 0.717) is 13.0 Å². The molecule has 6 nitrogen and oxygen atoms in total. The number of nitrogens with one attached hydrogen (secondary N) is 1. The molecule has 0 aliphatic carbocycles. The SMILES string of the molecule is NSC1CC(=O)N(CCCCCC(=O)NBr)C1=O. The van der Waals surface area contributed by atoms with Gasteiger partial charge in [0.1, 0.15) is 5.25 Å². The summed E-state index contributed by atoms with van der Waals surface area (Å²) < 4.78 is 2.36. The Hall–Kier alpha value is -0.600. The van der Waals surface area contributed by atoms with E-state index < -0.39 is 5.25 Å². The molecule has 1 aliphatic rings. The first-order valence-corrected chi connectivity index (χ1v) is 7.43. The number of hydrogen-bond donors (Lipinski definition) is 2. The molecule has 0 aromatic carbocycles. The van der Waals surface area contributed by atoms with Crippen LogP contribution in [0, 0.1) is 0 Å². The van der Waals surface area contributed by atoms with E-state index in [9.17, 15) is 14.4 Å². The van der Waals surface area contributed by atoms with E-state index in [1.807, 2.05) is 0 Å². The molecular weight excluding hydrogens is 322 g/mol. The quantitative estimate of drug-likeness (QED) is 0.309. The smallest absolute Gasteiger partial charge is 0.244 e. The Kier molecular flexibility index (Phi) is 6.66. The van der Waals surface area contributed by atoms with Crippen LogP contribution in [0.15, 0.2) is 0 Å². The molecule has 1 saturated heterocycles. The summed E-state index contributed by atoms with van der Waals surface area (Å²) in [6.07, 6.45) is 2.90. The number of hydrogen-bond acceptors (Lipinski definition) is 5. The van der Waals surface area contributed by atoms with Gasteiger partial charge in [-0.25, -0.2) is 0 Å². The number of halogens is 1. The molecule has 1 aliphatic heterocycles. The van der Waals surface area contributed by atoms with Crippen molar-refractivity contribution >= 4 is 45.8 Å². The molecule has 3 amide bonds. The van der Waals surface area contributed by atoms with Gasteiger partial charge in [-0.05, 0) is 12.8 Å². The van der Waals surface area contributed by atoms with E-state index in [2.05, 4.69) is 20.5 Å². The molecular formula is C10H16BrN3O3S. The molecule has 0 bridgehead atoms. The number of unbranched alkanes of at least 4 members (excludes halogenated alkanes) is 2. The van der Waals surface area contributed by atoms with Crippen LogP contribution in [0.1, 0.15) is 32.1 Å². The summed E-state index contributed by atoms with van der Waals surface area (Å²) in [7, 11) is 0. The molecule has 0 radical (unpaired) electrons. The van der Waals surface area contributed by atoms with E-state index in [-0.39, 0.29) is 24.1 Å². The van der Waals surface area contributed by atoms with Gasteiger partial charge in [0.2, 0.25) is 17.7 Å². The zero-order chi connectivity index (χ0) is 13.5. The fraction of sp³-hybridized carbons (Fsp3) is 0.700. The predicted octanol–water partition coefficient (Wildman–Crippen LogP) is 0.707. The molecule has 0 aromatic rings. The summed E-state index contributed by atoms with van der Waals surface area (Å²) in [5, 5.41) is 4.92. The maximum Gasteiger partial charge on any atom is 0.244 e. The van der Waals surface area contributed by atoms with E-state index in [0.717, 1.165) is 31.2 Å². The second-order valence-electron chi connectivity index (χ2n) is 4.04. The Labute approximate surface area is 118 Å². The summed E-state index contributed by atoms with van der Waals surface area (Å²) in [5.74, 6) is -0.408. The second kappa shape index (κ2) is 7.75. The lowest BCUT2D eigenvalue weighted by molar-refractivity contribution is -0.138. The van der Waals surface area contributed by atoms with Crippen molar-refractivity contribution in [3.05, 3.63) is 0 Å². The number of imide groups is 1. The van der Waals surface area contributed by atoms with Crippen molar-refractivity contribution in [2.24, 2.45) is 5.14 Å². The molecule has 0 spiro atoms. The number of carbonyl (C=O) groups is 3. The third kappa shape index (κ3) is 4.25. The van der Waals surface area contributed by atoms with E-state index >= 15 is 0 Å². The molecule has 18 heavy (non-hydrogen) atoms. The standard InChI is InChI=1S/C10H16BrN3O3S/c11-13-8(15)4-2-1-3-5-14-9(16)6-7(18-12)10(14)17/h7H,1-6,12H2,(H,13,15). The molecule has 8 heteroatoms. The molecule has 0 saturated carbocycles. The van der Waals surface area contributed by atoms with Crippen LogP contribution in [-0.2, 0) is 14.4 Å². The average Bonchev–Trinajstić information content (AvgIpc) is 2.64. The van der Waals surface area contributed by atoms with Crippen LogP contribution in [0.4, 0.5) is 0 Å². The van der Waals surface area contributed by atoms with Crippen molar-refractivity contribution < 1.29 is 14.4 Å². The average molecular weight is 338 g/mol. The fourth-order valence-electron chi connectivity index (χ4n) is 1.77. The highest BCUT2D eigenvalue weighted by atomic mass is 79.9. The summed E-state index contributed by atoms with van der Waals surface area (Å²) in [5.41, 5.74) is 0. The highest BCUT2D eigenvalue weighted by Gasteiger charge is 2.37. The Bertz CT molecular complexity index is 340. The maximum absolute atomic E-state index is 11.7. The lowest BCUT2D eigenvalue weighted by atomic mass is 10.2. The first kappa shape index (κ1) is 15.5. The fourth-order valence-corrected chi connectivity index (χ4v) is 2.45. The van der Waals surface area contributed by atoms with Gasteiger partial charge < -0.3 is 0 Å². The van der Waals surface area contributed by atoms with Gasteiger partial charge in [0, 0.05) is 35.5 Å². The van der Waals surface area contributed by atoms with Gasteiger partial charge in [0.05, 0.1) is 0 Å². The van der Waals surface area contributed by atoms with Crippen LogP contribution in [0.5, 0.6) is 0 Å². The Morgan fingerprint density at radius 3 is 2.72 bits per heavy atom. The number of rotatable bonds is 7. The lowest BCUT2D eigenvalue weighted by Crippen LogP contribution is -2.32. The predicted molar refractivity (Wildman–Crippen MR) is 72.4 cm³/mol. The van der Waals surface area contributed by atoms with Crippen LogP contribution in [-0.4, -0.2) is 34.4 Å². The minimum atomic E-state index is -0.420. The first-order chi connectivity index (χ1) is 8.60. The molecule has 1 unspecified atom stereocenters. The van der Waals surface area contributed by atoms with Crippen molar-refractivity contribution in [1.29, 1.82) is 0 Å². The molecule has 0 aromatic heterocycles. The summed E-state index contributed by atoms with van der Waals surface area (Å²) in [4.78, 5) is 35.4. The molecule has 1 fully saturated rings. The van der Waals surface area contributed by atoms with E-state index in [1.54, 1.807) is 0 Å². The van der Waals surface area contributed by atoms with Crippen molar-refractivity contribution in [3.8, 4) is 0 Å². The van der Waals surface area contributed by atoms with Gasteiger partial charge in [-0.1, -0.05) is 18.4 Å². The van der Waals surface area contributed by atoms with E-state index in [4.69, 9.17) is 5.14 Å². The first-order valence-electron chi connectivity index (χ1n) is 5.69. The van der Waals surface area contributed by atoms with Crippen molar-refractivity contribution in [1.82, 2.24) is 9.24 Å². The molecule has 1 rings (SSSR count). The van der Waals surface area contributed by atoms with Gasteiger partial charge in [-0.15, -0.1) is 0 Å². The lowest BCUT2D eigenvalue weighted by Gasteiger charge is -2.13. The van der Waals surface area contributed by atoms with Gasteiger partial charge in [-0.3, -0.25) is 28.8 Å². The molecule has 1 atom stereocenters. The largest absolute Gasteiger partial charge is 0.293 e. The van der Waals surface area contributed by atoms with Crippen LogP contribution in [0.3, 0.4) is 0 Å². The Balaban J connectivity index is 2.21. The van der Waals surface area contributed by atoms with Crippen molar-refractivity contribution in [2.45, 2.75) is 37.4 Å². The third-order valence-corrected chi connectivity index (χ3v) is 3.90. The number of nitrogens with zero attached hydrogens (tertiary/aromatic N) is 1. The summed E-state index contributed by atoms with van der Waals surface area (Å²) in [6, 6.07) is 0. The zero-order valence-electron chi connectivity index (χ0n) is 9.86. The Morgan fingerprint density at radius 2 is 2.17 bits per heavy atom. The summed E-state index contributed by atoms with van der Waals surface area (Å²) >= 11 is 3.79. The van der Waals surface area contributed by atoms with Crippen LogP contribution >= 0.6 is 28.1 Å². The van der Waals surface area contributed by atoms with Crippen LogP contribution in [0.25, 0.3) is 0 Å². The van der Waals surface area contributed by atoms with Crippen LogP contribution in [0.2, 0.25) is 0 Å². The topological polar surface area (TPSA) is 92.5 Å². The highest BCUT2D eigenvalue weighted by Crippen LogP contribution is 2.21.